The zero-order valence-electron chi connectivity index (χ0n) is 11.5. The molecule has 3 heterocycles. The summed E-state index contributed by atoms with van der Waals surface area (Å²) in [6, 6.07) is 8.55. The normalized spacial score (nSPS) is 19.9. The van der Waals surface area contributed by atoms with E-state index in [9.17, 15) is 0 Å². The summed E-state index contributed by atoms with van der Waals surface area (Å²) in [5.41, 5.74) is 2.62. The molecule has 0 amide bonds. The van der Waals surface area contributed by atoms with Crippen molar-refractivity contribution in [2.45, 2.75) is 32.2 Å². The smallest absolute Gasteiger partial charge is 0.196 e. The zero-order chi connectivity index (χ0) is 13.5. The zero-order valence-corrected chi connectivity index (χ0v) is 11.5. The van der Waals surface area contributed by atoms with Crippen molar-refractivity contribution in [3.8, 4) is 0 Å². The van der Waals surface area contributed by atoms with Gasteiger partial charge in [0.15, 0.2) is 11.4 Å². The van der Waals surface area contributed by atoms with Gasteiger partial charge in [-0.05, 0) is 38.3 Å². The summed E-state index contributed by atoms with van der Waals surface area (Å²) in [5.74, 6) is 0.943. The maximum atomic E-state index is 6.02. The highest BCUT2D eigenvalue weighted by atomic mass is 16.3. The van der Waals surface area contributed by atoms with Crippen LogP contribution in [0.1, 0.15) is 26.2 Å². The van der Waals surface area contributed by atoms with Crippen molar-refractivity contribution in [1.29, 1.82) is 0 Å². The number of anilines is 1. The number of aromatic nitrogens is 2. The van der Waals surface area contributed by atoms with Crippen LogP contribution in [0.5, 0.6) is 0 Å². The molecular formula is C16H17N3O. The lowest BCUT2D eigenvalue weighted by molar-refractivity contribution is 0.479. The molecule has 0 bridgehead atoms. The average molecular weight is 267 g/mol. The Kier molecular flexibility index (Phi) is 2.62. The monoisotopic (exact) mass is 267 g/mol. The predicted molar refractivity (Wildman–Crippen MR) is 80.0 cm³/mol. The molecular weight excluding hydrogens is 250 g/mol. The number of hydrogen-bond acceptors (Lipinski definition) is 4. The molecule has 0 unspecified atom stereocenters. The van der Waals surface area contributed by atoms with Gasteiger partial charge < -0.3 is 9.32 Å². The van der Waals surface area contributed by atoms with Gasteiger partial charge in [0, 0.05) is 18.0 Å². The largest absolute Gasteiger partial charge is 0.450 e. The molecule has 1 fully saturated rings. The van der Waals surface area contributed by atoms with Gasteiger partial charge in [0.2, 0.25) is 0 Å². The molecule has 0 N–H and O–H groups in total. The second-order valence-electron chi connectivity index (χ2n) is 5.51. The van der Waals surface area contributed by atoms with E-state index in [2.05, 4.69) is 27.9 Å². The summed E-state index contributed by atoms with van der Waals surface area (Å²) in [6.45, 7) is 3.31. The van der Waals surface area contributed by atoms with E-state index >= 15 is 0 Å². The standard InChI is InChI=1S/C16H17N3O/c1-11-6-4-5-9-19(11)16-15-14(17-10-18-16)12-7-2-3-8-13(12)20-15/h2-3,7-8,10-11H,4-6,9H2,1H3/t11-/m1/s1. The number of para-hydroxylation sites is 1. The highest BCUT2D eigenvalue weighted by Gasteiger charge is 2.24. The topological polar surface area (TPSA) is 42.2 Å². The van der Waals surface area contributed by atoms with Gasteiger partial charge in [-0.25, -0.2) is 9.97 Å². The van der Waals surface area contributed by atoms with E-state index in [4.69, 9.17) is 4.42 Å². The first-order valence-electron chi connectivity index (χ1n) is 7.23. The van der Waals surface area contributed by atoms with E-state index in [1.54, 1.807) is 6.33 Å². The lowest BCUT2D eigenvalue weighted by Crippen LogP contribution is -2.38. The number of furan rings is 1. The molecule has 0 spiro atoms. The lowest BCUT2D eigenvalue weighted by Gasteiger charge is -2.34. The van der Waals surface area contributed by atoms with Crippen molar-refractivity contribution in [2.75, 3.05) is 11.4 Å². The van der Waals surface area contributed by atoms with E-state index < -0.39 is 0 Å². The van der Waals surface area contributed by atoms with Crippen LogP contribution in [0.2, 0.25) is 0 Å². The number of benzene rings is 1. The number of nitrogens with zero attached hydrogens (tertiary/aromatic N) is 3. The SMILES string of the molecule is C[C@@H]1CCCCN1c1ncnc2c1oc1ccccc12. The van der Waals surface area contributed by atoms with Gasteiger partial charge in [0.25, 0.3) is 0 Å². The first kappa shape index (κ1) is 11.7. The van der Waals surface area contributed by atoms with Crippen LogP contribution >= 0.6 is 0 Å². The van der Waals surface area contributed by atoms with Crippen LogP contribution in [0.15, 0.2) is 35.0 Å². The number of hydrogen-bond donors (Lipinski definition) is 0. The van der Waals surface area contributed by atoms with E-state index in [1.165, 1.54) is 19.3 Å². The molecule has 102 valence electrons. The summed E-state index contributed by atoms with van der Waals surface area (Å²) >= 11 is 0. The van der Waals surface area contributed by atoms with Gasteiger partial charge in [0.05, 0.1) is 0 Å². The molecule has 4 heteroatoms. The Morgan fingerprint density at radius 3 is 3.00 bits per heavy atom. The minimum Gasteiger partial charge on any atom is -0.450 e. The third-order valence-electron chi connectivity index (χ3n) is 4.21. The van der Waals surface area contributed by atoms with Gasteiger partial charge in [-0.3, -0.25) is 0 Å². The predicted octanol–water partition coefficient (Wildman–Crippen LogP) is 3.75. The molecule has 4 nitrogen and oxygen atoms in total. The fourth-order valence-corrected chi connectivity index (χ4v) is 3.13. The van der Waals surface area contributed by atoms with Crippen LogP contribution in [0.3, 0.4) is 0 Å². The molecule has 1 aliphatic rings. The first-order chi connectivity index (χ1) is 9.84. The van der Waals surface area contributed by atoms with E-state index in [0.717, 1.165) is 34.4 Å². The molecule has 1 saturated heterocycles. The highest BCUT2D eigenvalue weighted by Crippen LogP contribution is 2.34. The quantitative estimate of drug-likeness (QED) is 0.673. The summed E-state index contributed by atoms with van der Waals surface area (Å²) in [7, 11) is 0. The van der Waals surface area contributed by atoms with Gasteiger partial charge in [0.1, 0.15) is 17.4 Å². The first-order valence-corrected chi connectivity index (χ1v) is 7.23. The van der Waals surface area contributed by atoms with Crippen LogP contribution in [0.4, 0.5) is 5.82 Å². The van der Waals surface area contributed by atoms with Crippen LogP contribution in [0, 0.1) is 0 Å². The average Bonchev–Trinajstić information content (AvgIpc) is 2.86. The molecule has 1 aromatic carbocycles. The van der Waals surface area contributed by atoms with Crippen molar-refractivity contribution >= 4 is 27.9 Å². The Balaban J connectivity index is 1.95. The van der Waals surface area contributed by atoms with Gasteiger partial charge in [-0.2, -0.15) is 0 Å². The van der Waals surface area contributed by atoms with Crippen LogP contribution in [0.25, 0.3) is 22.1 Å². The Bertz CT molecular complexity index is 765. The van der Waals surface area contributed by atoms with Crippen LogP contribution < -0.4 is 4.90 Å². The Hall–Kier alpha value is -2.10. The molecule has 4 rings (SSSR count). The molecule has 0 aliphatic carbocycles. The minimum absolute atomic E-state index is 0.509. The fraction of sp³-hybridized carbons (Fsp3) is 0.375. The Morgan fingerprint density at radius 1 is 1.20 bits per heavy atom. The van der Waals surface area contributed by atoms with Crippen LogP contribution in [-0.4, -0.2) is 22.6 Å². The lowest BCUT2D eigenvalue weighted by atomic mass is 10.0. The second-order valence-corrected chi connectivity index (χ2v) is 5.51. The van der Waals surface area contributed by atoms with Crippen molar-refractivity contribution < 1.29 is 4.42 Å². The molecule has 0 radical (unpaired) electrons. The molecule has 1 atom stereocenters. The summed E-state index contributed by atoms with van der Waals surface area (Å²) in [5, 5.41) is 1.07. The van der Waals surface area contributed by atoms with Crippen molar-refractivity contribution in [1.82, 2.24) is 9.97 Å². The van der Waals surface area contributed by atoms with Crippen LogP contribution in [-0.2, 0) is 0 Å². The second kappa shape index (κ2) is 4.47. The van der Waals surface area contributed by atoms with E-state index in [-0.39, 0.29) is 0 Å². The summed E-state index contributed by atoms with van der Waals surface area (Å²) in [6.07, 6.45) is 5.38. The maximum absolute atomic E-state index is 6.02. The number of fused-ring (bicyclic) bond motifs is 3. The highest BCUT2D eigenvalue weighted by molar-refractivity contribution is 6.05. The maximum Gasteiger partial charge on any atom is 0.196 e. The number of piperidine rings is 1. The third-order valence-corrected chi connectivity index (χ3v) is 4.21. The Morgan fingerprint density at radius 2 is 2.10 bits per heavy atom. The summed E-state index contributed by atoms with van der Waals surface area (Å²) < 4.78 is 6.02. The van der Waals surface area contributed by atoms with E-state index in [0.29, 0.717) is 6.04 Å². The fourth-order valence-electron chi connectivity index (χ4n) is 3.13. The van der Waals surface area contributed by atoms with Crippen molar-refractivity contribution in [3.05, 3.63) is 30.6 Å². The van der Waals surface area contributed by atoms with E-state index in [1.807, 2.05) is 18.2 Å². The summed E-state index contributed by atoms with van der Waals surface area (Å²) in [4.78, 5) is 11.3. The van der Waals surface area contributed by atoms with Gasteiger partial charge in [-0.15, -0.1) is 0 Å². The molecule has 1 aliphatic heterocycles. The van der Waals surface area contributed by atoms with Crippen molar-refractivity contribution in [2.24, 2.45) is 0 Å². The molecule has 2 aromatic heterocycles. The third kappa shape index (κ3) is 1.68. The molecule has 3 aromatic rings. The Labute approximate surface area is 117 Å². The molecule has 20 heavy (non-hydrogen) atoms. The van der Waals surface area contributed by atoms with Gasteiger partial charge in [-0.1, -0.05) is 12.1 Å². The number of rotatable bonds is 1. The van der Waals surface area contributed by atoms with Crippen molar-refractivity contribution in [3.63, 3.8) is 0 Å². The van der Waals surface area contributed by atoms with Gasteiger partial charge >= 0.3 is 0 Å². The molecule has 0 saturated carbocycles. The minimum atomic E-state index is 0.509.